The van der Waals surface area contributed by atoms with Gasteiger partial charge in [-0.1, -0.05) is 20.8 Å². The first-order valence-electron chi connectivity index (χ1n) is 11.4. The number of amides is 1. The normalized spacial score (nSPS) is 17.6. The molecule has 180 valence electrons. The standard InChI is InChI=1S/C28H27FN2O4/c1-5-35-22-11-6-18(16-21(22)28(2,3)4)25(32)23-24(17-12-14-30-15-13-17)31(27(34)26(23)33)20-9-7-19(29)8-10-20/h6-16,24,32H,5H2,1-4H3/b25-23-. The van der Waals surface area contributed by atoms with Gasteiger partial charge in [0, 0.05) is 29.2 Å². The predicted octanol–water partition coefficient (Wildman–Crippen LogP) is 5.54. The molecule has 0 aliphatic carbocycles. The van der Waals surface area contributed by atoms with Gasteiger partial charge in [0.05, 0.1) is 18.2 Å². The average Bonchev–Trinajstić information content (AvgIpc) is 3.10. The maximum absolute atomic E-state index is 13.6. The third-order valence-electron chi connectivity index (χ3n) is 5.93. The fourth-order valence-electron chi connectivity index (χ4n) is 4.26. The van der Waals surface area contributed by atoms with Gasteiger partial charge in [0.1, 0.15) is 17.3 Å². The summed E-state index contributed by atoms with van der Waals surface area (Å²) in [7, 11) is 0. The zero-order chi connectivity index (χ0) is 25.3. The van der Waals surface area contributed by atoms with Crippen LogP contribution in [0.25, 0.3) is 5.76 Å². The smallest absolute Gasteiger partial charge is 0.300 e. The zero-order valence-electron chi connectivity index (χ0n) is 20.1. The van der Waals surface area contributed by atoms with Crippen molar-refractivity contribution in [2.75, 3.05) is 11.5 Å². The van der Waals surface area contributed by atoms with Crippen molar-refractivity contribution in [2.24, 2.45) is 0 Å². The first-order chi connectivity index (χ1) is 16.6. The number of anilines is 1. The van der Waals surface area contributed by atoms with Crippen molar-refractivity contribution in [1.29, 1.82) is 0 Å². The third-order valence-corrected chi connectivity index (χ3v) is 5.93. The summed E-state index contributed by atoms with van der Waals surface area (Å²) in [6, 6.07) is 13.0. The van der Waals surface area contributed by atoms with Crippen LogP contribution >= 0.6 is 0 Å². The number of Topliss-reactive ketones (excluding diaryl/α,β-unsaturated/α-hetero) is 1. The zero-order valence-corrected chi connectivity index (χ0v) is 20.1. The molecule has 2 heterocycles. The van der Waals surface area contributed by atoms with Crippen LogP contribution in [0.2, 0.25) is 0 Å². The Hall–Kier alpha value is -4.00. The molecule has 1 aliphatic heterocycles. The van der Waals surface area contributed by atoms with Crippen LogP contribution in [0.4, 0.5) is 10.1 Å². The maximum Gasteiger partial charge on any atom is 0.300 e. The largest absolute Gasteiger partial charge is 0.507 e. The number of aliphatic hydroxyl groups excluding tert-OH is 1. The van der Waals surface area contributed by atoms with E-state index in [-0.39, 0.29) is 16.7 Å². The van der Waals surface area contributed by atoms with Crippen LogP contribution in [0.3, 0.4) is 0 Å². The van der Waals surface area contributed by atoms with Gasteiger partial charge in [-0.2, -0.15) is 0 Å². The lowest BCUT2D eigenvalue weighted by Gasteiger charge is -2.26. The predicted molar refractivity (Wildman–Crippen MR) is 132 cm³/mol. The number of aliphatic hydroxyl groups is 1. The van der Waals surface area contributed by atoms with Gasteiger partial charge in [0.25, 0.3) is 11.7 Å². The van der Waals surface area contributed by atoms with E-state index in [2.05, 4.69) is 4.98 Å². The number of hydrogen-bond donors (Lipinski definition) is 1. The van der Waals surface area contributed by atoms with E-state index in [4.69, 9.17) is 4.74 Å². The summed E-state index contributed by atoms with van der Waals surface area (Å²) in [5.74, 6) is -1.69. The van der Waals surface area contributed by atoms with Crippen molar-refractivity contribution < 1.29 is 23.8 Å². The number of carbonyl (C=O) groups excluding carboxylic acids is 2. The number of carbonyl (C=O) groups is 2. The molecule has 1 N–H and O–H groups in total. The van der Waals surface area contributed by atoms with Crippen LogP contribution in [0.5, 0.6) is 5.75 Å². The van der Waals surface area contributed by atoms with Crippen LogP contribution in [-0.2, 0) is 15.0 Å². The van der Waals surface area contributed by atoms with Crippen molar-refractivity contribution in [3.05, 3.63) is 95.1 Å². The van der Waals surface area contributed by atoms with E-state index >= 15 is 0 Å². The molecule has 1 unspecified atom stereocenters. The van der Waals surface area contributed by atoms with Crippen molar-refractivity contribution >= 4 is 23.1 Å². The van der Waals surface area contributed by atoms with Gasteiger partial charge < -0.3 is 9.84 Å². The SMILES string of the molecule is CCOc1ccc(/C(O)=C2/C(=O)C(=O)N(c3ccc(F)cc3)C2c2ccncc2)cc1C(C)(C)C. The van der Waals surface area contributed by atoms with E-state index in [1.165, 1.54) is 29.2 Å². The number of ketones is 1. The molecule has 0 radical (unpaired) electrons. The lowest BCUT2D eigenvalue weighted by atomic mass is 9.84. The van der Waals surface area contributed by atoms with Crippen LogP contribution in [0, 0.1) is 5.82 Å². The quantitative estimate of drug-likeness (QED) is 0.298. The van der Waals surface area contributed by atoms with Crippen molar-refractivity contribution in [2.45, 2.75) is 39.2 Å². The molecule has 0 saturated carbocycles. The first-order valence-corrected chi connectivity index (χ1v) is 11.4. The van der Waals surface area contributed by atoms with E-state index in [1.807, 2.05) is 27.7 Å². The Labute approximate surface area is 203 Å². The molecule has 1 fully saturated rings. The summed E-state index contributed by atoms with van der Waals surface area (Å²) in [5.41, 5.74) is 1.84. The molecule has 2 aromatic carbocycles. The number of nitrogens with zero attached hydrogens (tertiary/aromatic N) is 2. The highest BCUT2D eigenvalue weighted by atomic mass is 19.1. The molecule has 35 heavy (non-hydrogen) atoms. The Kier molecular flexibility index (Phi) is 6.43. The Morgan fingerprint density at radius 1 is 1.06 bits per heavy atom. The molecule has 1 saturated heterocycles. The Morgan fingerprint density at radius 2 is 1.71 bits per heavy atom. The molecule has 1 aromatic heterocycles. The molecule has 6 nitrogen and oxygen atoms in total. The number of halogens is 1. The third kappa shape index (κ3) is 4.54. The Balaban J connectivity index is 1.93. The van der Waals surface area contributed by atoms with Gasteiger partial charge >= 0.3 is 0 Å². The summed E-state index contributed by atoms with van der Waals surface area (Å²) in [6.45, 7) is 8.46. The second-order valence-corrected chi connectivity index (χ2v) is 9.32. The number of rotatable bonds is 5. The topological polar surface area (TPSA) is 79.7 Å². The minimum absolute atomic E-state index is 0.0467. The molecular formula is C28H27FN2O4. The van der Waals surface area contributed by atoms with Crippen LogP contribution in [0.15, 0.2) is 72.6 Å². The number of hydrogen-bond acceptors (Lipinski definition) is 5. The molecule has 0 spiro atoms. The van der Waals surface area contributed by atoms with Gasteiger partial charge in [-0.25, -0.2) is 4.39 Å². The molecule has 1 aliphatic rings. The number of aromatic nitrogens is 1. The van der Waals surface area contributed by atoms with Crippen molar-refractivity contribution in [3.8, 4) is 5.75 Å². The lowest BCUT2D eigenvalue weighted by molar-refractivity contribution is -0.132. The van der Waals surface area contributed by atoms with E-state index in [0.29, 0.717) is 29.2 Å². The average molecular weight is 475 g/mol. The second-order valence-electron chi connectivity index (χ2n) is 9.32. The molecule has 7 heteroatoms. The van der Waals surface area contributed by atoms with Crippen molar-refractivity contribution in [3.63, 3.8) is 0 Å². The monoisotopic (exact) mass is 474 g/mol. The minimum atomic E-state index is -0.909. The summed E-state index contributed by atoms with van der Waals surface area (Å²) in [5, 5.41) is 11.4. The molecule has 0 bridgehead atoms. The van der Waals surface area contributed by atoms with Gasteiger partial charge in [0.15, 0.2) is 0 Å². The first kappa shape index (κ1) is 24.1. The summed E-state index contributed by atoms with van der Waals surface area (Å²) in [6.07, 6.45) is 3.10. The second kappa shape index (κ2) is 9.33. The van der Waals surface area contributed by atoms with Crippen LogP contribution < -0.4 is 9.64 Å². The fourth-order valence-corrected chi connectivity index (χ4v) is 4.26. The molecule has 3 aromatic rings. The number of pyridine rings is 1. The van der Waals surface area contributed by atoms with Gasteiger partial charge in [-0.05, 0) is 72.5 Å². The maximum atomic E-state index is 13.6. The summed E-state index contributed by atoms with van der Waals surface area (Å²) in [4.78, 5) is 31.8. The van der Waals surface area contributed by atoms with E-state index in [9.17, 15) is 19.1 Å². The molecular weight excluding hydrogens is 447 g/mol. The Morgan fingerprint density at radius 3 is 2.31 bits per heavy atom. The van der Waals surface area contributed by atoms with Gasteiger partial charge in [0.2, 0.25) is 0 Å². The minimum Gasteiger partial charge on any atom is -0.507 e. The highest BCUT2D eigenvalue weighted by molar-refractivity contribution is 6.51. The number of benzene rings is 2. The van der Waals surface area contributed by atoms with E-state index < -0.39 is 23.5 Å². The van der Waals surface area contributed by atoms with E-state index in [1.54, 1.807) is 42.7 Å². The fraction of sp³-hybridized carbons (Fsp3) is 0.250. The van der Waals surface area contributed by atoms with Gasteiger partial charge in [-0.15, -0.1) is 0 Å². The van der Waals surface area contributed by atoms with Gasteiger partial charge in [-0.3, -0.25) is 19.5 Å². The van der Waals surface area contributed by atoms with Crippen LogP contribution in [-0.4, -0.2) is 28.4 Å². The summed E-state index contributed by atoms with van der Waals surface area (Å²) < 4.78 is 19.3. The number of ether oxygens (including phenoxy) is 1. The van der Waals surface area contributed by atoms with E-state index in [0.717, 1.165) is 5.56 Å². The lowest BCUT2D eigenvalue weighted by Crippen LogP contribution is -2.29. The molecule has 4 rings (SSSR count). The Bertz CT molecular complexity index is 1290. The molecule has 1 amide bonds. The summed E-state index contributed by atoms with van der Waals surface area (Å²) >= 11 is 0. The van der Waals surface area contributed by atoms with Crippen LogP contribution in [0.1, 0.15) is 50.4 Å². The highest BCUT2D eigenvalue weighted by Gasteiger charge is 2.47. The molecule has 1 atom stereocenters. The highest BCUT2D eigenvalue weighted by Crippen LogP contribution is 2.43. The van der Waals surface area contributed by atoms with Crippen molar-refractivity contribution in [1.82, 2.24) is 4.98 Å².